The number of fused-ring (bicyclic) bond motifs is 1. The van der Waals surface area contributed by atoms with Crippen LogP contribution >= 0.6 is 11.6 Å². The smallest absolute Gasteiger partial charge is 0.335 e. The minimum Gasteiger partial charge on any atom is -0.489 e. The summed E-state index contributed by atoms with van der Waals surface area (Å²) in [4.78, 5) is 18.4. The normalized spacial score (nSPS) is 13.8. The molecule has 1 aromatic heterocycles. The molecule has 0 aliphatic heterocycles. The molecule has 5 aromatic rings. The first-order valence-electron chi connectivity index (χ1n) is 14.5. The molecule has 0 saturated heterocycles. The Kier molecular flexibility index (Phi) is 8.08. The van der Waals surface area contributed by atoms with Crippen molar-refractivity contribution in [2.75, 3.05) is 19.0 Å². The van der Waals surface area contributed by atoms with Crippen LogP contribution in [0, 0.1) is 5.82 Å². The van der Waals surface area contributed by atoms with Gasteiger partial charge in [0.15, 0.2) is 0 Å². The molecular weight excluding hydrogens is 565 g/mol. The zero-order chi connectivity index (χ0) is 30.1. The van der Waals surface area contributed by atoms with Gasteiger partial charge in [-0.2, -0.15) is 0 Å². The monoisotopic (exact) mass is 597 g/mol. The van der Waals surface area contributed by atoms with Gasteiger partial charge in [-0.25, -0.2) is 14.2 Å². The summed E-state index contributed by atoms with van der Waals surface area (Å²) in [7, 11) is 3.97. The molecule has 0 amide bonds. The second-order valence-corrected chi connectivity index (χ2v) is 11.7. The molecule has 0 unspecified atom stereocenters. The minimum atomic E-state index is -1.02. The first kappa shape index (κ1) is 28.7. The SMILES string of the molecule is CN(C)c1ccc(-c2ccc(Cl)cc2)c(COc2ccc(-c3nc4cc(C(=O)O)ccc4n3C3CCCCC3)c(F)c2)c1. The minimum absolute atomic E-state index is 0.160. The van der Waals surface area contributed by atoms with Crippen LogP contribution in [0.15, 0.2) is 78.9 Å². The maximum atomic E-state index is 15.9. The summed E-state index contributed by atoms with van der Waals surface area (Å²) in [5.74, 6) is -0.536. The van der Waals surface area contributed by atoms with Crippen LogP contribution < -0.4 is 9.64 Å². The first-order valence-corrected chi connectivity index (χ1v) is 14.9. The molecule has 4 aromatic carbocycles. The molecule has 0 radical (unpaired) electrons. The number of aromatic carboxylic acids is 1. The lowest BCUT2D eigenvalue weighted by Crippen LogP contribution is -2.14. The number of nitrogens with zero attached hydrogens (tertiary/aromatic N) is 3. The van der Waals surface area contributed by atoms with E-state index in [0.29, 0.717) is 27.7 Å². The van der Waals surface area contributed by atoms with Gasteiger partial charge in [0.05, 0.1) is 22.2 Å². The summed E-state index contributed by atoms with van der Waals surface area (Å²) < 4.78 is 24.1. The highest BCUT2D eigenvalue weighted by Gasteiger charge is 2.24. The van der Waals surface area contributed by atoms with Crippen LogP contribution in [0.2, 0.25) is 5.02 Å². The summed E-state index contributed by atoms with van der Waals surface area (Å²) in [6.45, 7) is 0.247. The number of hydrogen-bond donors (Lipinski definition) is 1. The molecule has 6 rings (SSSR count). The molecule has 43 heavy (non-hydrogen) atoms. The predicted molar refractivity (Wildman–Crippen MR) is 170 cm³/mol. The van der Waals surface area contributed by atoms with Gasteiger partial charge in [0, 0.05) is 36.9 Å². The van der Waals surface area contributed by atoms with Crippen molar-refractivity contribution in [2.24, 2.45) is 0 Å². The molecule has 6 nitrogen and oxygen atoms in total. The third-order valence-corrected chi connectivity index (χ3v) is 8.46. The van der Waals surface area contributed by atoms with E-state index in [2.05, 4.69) is 22.8 Å². The summed E-state index contributed by atoms with van der Waals surface area (Å²) in [6, 6.07) is 23.9. The van der Waals surface area contributed by atoms with E-state index >= 15 is 4.39 Å². The number of rotatable bonds is 8. The Balaban J connectivity index is 1.33. The van der Waals surface area contributed by atoms with Crippen LogP contribution in [-0.4, -0.2) is 34.7 Å². The van der Waals surface area contributed by atoms with Gasteiger partial charge in [-0.3, -0.25) is 0 Å². The zero-order valence-electron chi connectivity index (χ0n) is 24.2. The number of imidazole rings is 1. The van der Waals surface area contributed by atoms with Crippen LogP contribution in [0.25, 0.3) is 33.5 Å². The fourth-order valence-corrected chi connectivity index (χ4v) is 6.07. The van der Waals surface area contributed by atoms with Crippen LogP contribution in [0.4, 0.5) is 10.1 Å². The number of halogens is 2. The van der Waals surface area contributed by atoms with Crippen LogP contribution in [0.3, 0.4) is 0 Å². The number of aromatic nitrogens is 2. The van der Waals surface area contributed by atoms with Gasteiger partial charge in [-0.1, -0.05) is 49.1 Å². The van der Waals surface area contributed by atoms with Crippen molar-refractivity contribution in [3.05, 3.63) is 101 Å². The predicted octanol–water partition coefficient (Wildman–Crippen LogP) is 9.01. The molecule has 1 saturated carbocycles. The Morgan fingerprint density at radius 1 is 0.977 bits per heavy atom. The van der Waals surface area contributed by atoms with Crippen molar-refractivity contribution in [1.82, 2.24) is 9.55 Å². The van der Waals surface area contributed by atoms with E-state index in [0.717, 1.165) is 53.6 Å². The molecule has 0 bridgehead atoms. The lowest BCUT2D eigenvalue weighted by atomic mass is 9.94. The summed E-state index contributed by atoms with van der Waals surface area (Å²) in [5.41, 5.74) is 5.92. The fraction of sp³-hybridized carbons (Fsp3) is 0.257. The first-order chi connectivity index (χ1) is 20.8. The Labute approximate surface area is 255 Å². The summed E-state index contributed by atoms with van der Waals surface area (Å²) in [5, 5.41) is 10.2. The van der Waals surface area contributed by atoms with Gasteiger partial charge in [0.25, 0.3) is 0 Å². The van der Waals surface area contributed by atoms with Gasteiger partial charge in [-0.15, -0.1) is 0 Å². The van der Waals surface area contributed by atoms with Crippen molar-refractivity contribution in [3.8, 4) is 28.3 Å². The summed E-state index contributed by atoms with van der Waals surface area (Å²) in [6.07, 6.45) is 5.33. The Morgan fingerprint density at radius 2 is 1.72 bits per heavy atom. The molecule has 1 N–H and O–H groups in total. The highest BCUT2D eigenvalue weighted by Crippen LogP contribution is 2.38. The molecule has 0 spiro atoms. The molecular formula is C35H33ClFN3O3. The van der Waals surface area contributed by atoms with E-state index in [4.69, 9.17) is 21.3 Å². The Hall–Kier alpha value is -4.36. The molecule has 8 heteroatoms. The van der Waals surface area contributed by atoms with Crippen molar-refractivity contribution in [2.45, 2.75) is 44.8 Å². The molecule has 1 aliphatic carbocycles. The van der Waals surface area contributed by atoms with Crippen molar-refractivity contribution in [1.29, 1.82) is 0 Å². The van der Waals surface area contributed by atoms with Gasteiger partial charge >= 0.3 is 5.97 Å². The standard InChI is InChI=1S/C35H33ClFN3O3/c1-39(2)27-13-15-29(22-8-11-25(36)12-9-22)24(18-27)21-43-28-14-16-30(31(37)20-28)34-38-32-19-23(35(41)42)10-17-33(32)40(34)26-6-4-3-5-7-26/h8-20,26H,3-7,21H2,1-2H3,(H,41,42). The fourth-order valence-electron chi connectivity index (χ4n) is 5.95. The van der Waals surface area contributed by atoms with Crippen molar-refractivity contribution < 1.29 is 19.0 Å². The van der Waals surface area contributed by atoms with E-state index in [9.17, 15) is 9.90 Å². The topological polar surface area (TPSA) is 67.6 Å². The van der Waals surface area contributed by atoms with E-state index in [-0.39, 0.29) is 18.2 Å². The Bertz CT molecular complexity index is 1790. The average molecular weight is 598 g/mol. The van der Waals surface area contributed by atoms with Gasteiger partial charge in [0.2, 0.25) is 0 Å². The van der Waals surface area contributed by atoms with E-state index < -0.39 is 11.8 Å². The lowest BCUT2D eigenvalue weighted by molar-refractivity contribution is 0.0697. The highest BCUT2D eigenvalue weighted by molar-refractivity contribution is 6.30. The van der Waals surface area contributed by atoms with Crippen LogP contribution in [0.1, 0.15) is 54.1 Å². The lowest BCUT2D eigenvalue weighted by Gasteiger charge is -2.25. The maximum Gasteiger partial charge on any atom is 0.335 e. The maximum absolute atomic E-state index is 15.9. The van der Waals surface area contributed by atoms with Crippen LogP contribution in [-0.2, 0) is 6.61 Å². The number of carboxylic acids is 1. The third-order valence-electron chi connectivity index (χ3n) is 8.21. The zero-order valence-corrected chi connectivity index (χ0v) is 24.9. The van der Waals surface area contributed by atoms with Gasteiger partial charge < -0.3 is 19.3 Å². The van der Waals surface area contributed by atoms with Crippen molar-refractivity contribution >= 4 is 34.3 Å². The number of hydrogen-bond acceptors (Lipinski definition) is 4. The van der Waals surface area contributed by atoms with E-state index in [1.54, 1.807) is 30.3 Å². The van der Waals surface area contributed by atoms with Gasteiger partial charge in [-0.05, 0) is 84.1 Å². The molecule has 220 valence electrons. The molecule has 0 atom stereocenters. The largest absolute Gasteiger partial charge is 0.489 e. The second kappa shape index (κ2) is 12.1. The van der Waals surface area contributed by atoms with Crippen molar-refractivity contribution in [3.63, 3.8) is 0 Å². The number of ether oxygens (including phenoxy) is 1. The average Bonchev–Trinajstić information content (AvgIpc) is 3.39. The third kappa shape index (κ3) is 5.95. The highest BCUT2D eigenvalue weighted by atomic mass is 35.5. The molecule has 1 fully saturated rings. The second-order valence-electron chi connectivity index (χ2n) is 11.3. The summed E-state index contributed by atoms with van der Waals surface area (Å²) >= 11 is 6.12. The van der Waals surface area contributed by atoms with E-state index in [1.807, 2.05) is 43.3 Å². The Morgan fingerprint density at radius 3 is 2.42 bits per heavy atom. The molecule has 1 aliphatic rings. The van der Waals surface area contributed by atoms with E-state index in [1.165, 1.54) is 12.5 Å². The molecule has 1 heterocycles. The van der Waals surface area contributed by atoms with Gasteiger partial charge in [0.1, 0.15) is 24.0 Å². The van der Waals surface area contributed by atoms with Crippen LogP contribution in [0.5, 0.6) is 5.75 Å². The number of carboxylic acid groups (broad SMARTS) is 1. The number of benzene rings is 4. The number of anilines is 1. The quantitative estimate of drug-likeness (QED) is 0.193. The number of carbonyl (C=O) groups is 1.